The van der Waals surface area contributed by atoms with Gasteiger partial charge in [0.2, 0.25) is 5.91 Å². The molecule has 0 spiro atoms. The van der Waals surface area contributed by atoms with E-state index in [9.17, 15) is 9.59 Å². The number of hydrogen-bond donors (Lipinski definition) is 3. The fourth-order valence-electron chi connectivity index (χ4n) is 8.57. The van der Waals surface area contributed by atoms with Gasteiger partial charge in [-0.1, -0.05) is 43.6 Å². The summed E-state index contributed by atoms with van der Waals surface area (Å²) in [7, 11) is 3.07. The third-order valence-corrected chi connectivity index (χ3v) is 11.6. The first-order valence-electron chi connectivity index (χ1n) is 18.3. The van der Waals surface area contributed by atoms with Crippen molar-refractivity contribution in [2.45, 2.75) is 83.5 Å². The van der Waals surface area contributed by atoms with Crippen molar-refractivity contribution >= 4 is 45.4 Å². The summed E-state index contributed by atoms with van der Waals surface area (Å²) < 4.78 is 16.6. The fraction of sp³-hybridized carbons (Fsp3) is 0.450. The third-order valence-electron chi connectivity index (χ3n) is 11.3. The first-order chi connectivity index (χ1) is 25.1. The molecule has 2 aliphatic heterocycles. The predicted octanol–water partition coefficient (Wildman–Crippen LogP) is 8.28. The maximum Gasteiger partial charge on any atom is 0.407 e. The molecule has 3 aliphatic rings. The van der Waals surface area contributed by atoms with Crippen molar-refractivity contribution in [3.63, 3.8) is 0 Å². The molecule has 5 aromatic rings. The lowest BCUT2D eigenvalue weighted by molar-refractivity contribution is -0.137. The minimum absolute atomic E-state index is 0.00311. The van der Waals surface area contributed by atoms with E-state index in [1.807, 2.05) is 31.7 Å². The Morgan fingerprint density at radius 3 is 2.65 bits per heavy atom. The monoisotopic (exact) mass is 724 g/mol. The molecule has 5 atom stereocenters. The highest BCUT2D eigenvalue weighted by Gasteiger charge is 2.41. The van der Waals surface area contributed by atoms with E-state index in [-0.39, 0.29) is 23.9 Å². The molecule has 3 aromatic carbocycles. The lowest BCUT2D eigenvalue weighted by Gasteiger charge is -2.32. The molecule has 11 nitrogen and oxygen atoms in total. The largest absolute Gasteiger partial charge is 0.488 e. The van der Waals surface area contributed by atoms with Gasteiger partial charge < -0.3 is 34.4 Å². The van der Waals surface area contributed by atoms with Crippen molar-refractivity contribution in [3.8, 4) is 28.1 Å². The Morgan fingerprint density at radius 2 is 1.87 bits per heavy atom. The molecule has 52 heavy (non-hydrogen) atoms. The minimum Gasteiger partial charge on any atom is -0.488 e. The predicted molar refractivity (Wildman–Crippen MR) is 200 cm³/mol. The summed E-state index contributed by atoms with van der Waals surface area (Å²) in [5.41, 5.74) is 6.80. The van der Waals surface area contributed by atoms with Gasteiger partial charge in [0, 0.05) is 42.2 Å². The Hall–Kier alpha value is -4.61. The number of aromatic nitrogens is 4. The van der Waals surface area contributed by atoms with Gasteiger partial charge >= 0.3 is 6.09 Å². The molecule has 0 bridgehead atoms. The van der Waals surface area contributed by atoms with Crippen LogP contribution in [0.15, 0.2) is 42.5 Å². The van der Waals surface area contributed by atoms with Gasteiger partial charge in [0.1, 0.15) is 30.0 Å². The maximum atomic E-state index is 13.9. The highest BCUT2D eigenvalue weighted by molar-refractivity contribution is 6.32. The molecule has 2 fully saturated rings. The van der Waals surface area contributed by atoms with E-state index in [0.717, 1.165) is 106 Å². The van der Waals surface area contributed by atoms with Crippen LogP contribution in [0.2, 0.25) is 5.15 Å². The molecule has 2 amide bonds. The van der Waals surface area contributed by atoms with E-state index in [2.05, 4.69) is 51.7 Å². The van der Waals surface area contributed by atoms with Crippen LogP contribution in [0.1, 0.15) is 82.0 Å². The van der Waals surface area contributed by atoms with Crippen LogP contribution >= 0.6 is 11.6 Å². The number of rotatable bonds is 8. The Kier molecular flexibility index (Phi) is 9.11. The first kappa shape index (κ1) is 34.5. The van der Waals surface area contributed by atoms with Gasteiger partial charge in [-0.25, -0.2) is 14.8 Å². The fourth-order valence-corrected chi connectivity index (χ4v) is 8.82. The van der Waals surface area contributed by atoms with E-state index >= 15 is 0 Å². The summed E-state index contributed by atoms with van der Waals surface area (Å²) in [6, 6.07) is 13.8. The van der Waals surface area contributed by atoms with Crippen LogP contribution in [0, 0.1) is 11.8 Å². The SMILES string of the molecule is COC[C@@H]1CC[C@H](c2nc(Cl)c(-c3ccc4c(c3)COc3cc5c(ccc6nc([C@@H]7CC[C@H](C)N7C(=O)[C@@H](NC(=O)OC)C(C)C)[nH]c65)cc3-4)[nH]2)C1. The zero-order valence-corrected chi connectivity index (χ0v) is 31.0. The number of aromatic amines is 2. The van der Waals surface area contributed by atoms with Crippen LogP contribution in [-0.4, -0.2) is 69.7 Å². The van der Waals surface area contributed by atoms with Gasteiger partial charge in [-0.3, -0.25) is 4.79 Å². The average molecular weight is 725 g/mol. The molecular formula is C40H45ClN6O5. The molecule has 0 radical (unpaired) electrons. The van der Waals surface area contributed by atoms with E-state index in [0.29, 0.717) is 23.6 Å². The summed E-state index contributed by atoms with van der Waals surface area (Å²) >= 11 is 6.71. The average Bonchev–Trinajstić information content (AvgIpc) is 3.95. The standard InChI is InChI=1S/C40H45ClN6O5/c1-20(2)33(45-40(49)51-5)39(48)47-21(3)6-13-31(47)38-42-30-12-10-23-16-29-27-11-9-24(15-26(27)19-52-32(29)17-28(23)35(30)44-38)34-36(41)46-37(43-34)25-8-7-22(14-25)18-50-4/h9-12,15-17,20-22,25,31,33H,6-8,13-14,18-19H2,1-5H3,(H,42,44)(H,43,46)(H,45,49)/t21-,22+,25-,31-,33-/m0/s1. The minimum atomic E-state index is -0.705. The van der Waals surface area contributed by atoms with Crippen LogP contribution in [0.5, 0.6) is 5.75 Å². The summed E-state index contributed by atoms with van der Waals surface area (Å²) in [6.07, 6.45) is 4.26. The van der Waals surface area contributed by atoms with Crippen molar-refractivity contribution < 1.29 is 23.8 Å². The lowest BCUT2D eigenvalue weighted by atomic mass is 9.92. The highest BCUT2D eigenvalue weighted by Crippen LogP contribution is 2.45. The number of fused-ring (bicyclic) bond motifs is 6. The van der Waals surface area contributed by atoms with Crippen molar-refractivity contribution in [2.24, 2.45) is 11.8 Å². The van der Waals surface area contributed by atoms with Crippen molar-refractivity contribution in [1.29, 1.82) is 0 Å². The lowest BCUT2D eigenvalue weighted by Crippen LogP contribution is -2.52. The number of ether oxygens (including phenoxy) is 3. The smallest absolute Gasteiger partial charge is 0.407 e. The normalized spacial score (nSPS) is 21.7. The number of carbonyl (C=O) groups is 2. The summed E-state index contributed by atoms with van der Waals surface area (Å²) in [5.74, 6) is 3.17. The second kappa shape index (κ2) is 13.7. The van der Waals surface area contributed by atoms with E-state index in [1.54, 1.807) is 7.11 Å². The zero-order chi connectivity index (χ0) is 36.3. The number of likely N-dealkylation sites (tertiary alicyclic amines) is 1. The molecular weight excluding hydrogens is 680 g/mol. The number of nitrogens with one attached hydrogen (secondary N) is 3. The Balaban J connectivity index is 1.08. The van der Waals surface area contributed by atoms with Crippen LogP contribution in [0.25, 0.3) is 44.2 Å². The molecule has 2 aromatic heterocycles. The topological polar surface area (TPSA) is 134 Å². The Labute approximate surface area is 307 Å². The second-order valence-electron chi connectivity index (χ2n) is 15.0. The van der Waals surface area contributed by atoms with Crippen molar-refractivity contribution in [2.75, 3.05) is 20.8 Å². The number of methoxy groups -OCH3 is 2. The van der Waals surface area contributed by atoms with Gasteiger partial charge in [-0.05, 0) is 91.6 Å². The molecule has 12 heteroatoms. The summed E-state index contributed by atoms with van der Waals surface area (Å²) in [6.45, 7) is 7.10. The zero-order valence-electron chi connectivity index (χ0n) is 30.2. The van der Waals surface area contributed by atoms with Gasteiger partial charge in [-0.2, -0.15) is 0 Å². The number of amides is 2. The number of alkyl carbamates (subject to hydrolysis) is 1. The quantitative estimate of drug-likeness (QED) is 0.147. The third kappa shape index (κ3) is 6.07. The van der Waals surface area contributed by atoms with E-state index < -0.39 is 12.1 Å². The van der Waals surface area contributed by atoms with E-state index in [1.165, 1.54) is 7.11 Å². The number of benzene rings is 3. The van der Waals surface area contributed by atoms with Gasteiger partial charge in [0.05, 0.1) is 29.9 Å². The van der Waals surface area contributed by atoms with Crippen LogP contribution in [0.3, 0.4) is 0 Å². The van der Waals surface area contributed by atoms with Crippen molar-refractivity contribution in [3.05, 3.63) is 64.8 Å². The Morgan fingerprint density at radius 1 is 1.02 bits per heavy atom. The first-order valence-corrected chi connectivity index (χ1v) is 18.6. The van der Waals surface area contributed by atoms with Gasteiger partial charge in [0.25, 0.3) is 0 Å². The number of imidazole rings is 2. The van der Waals surface area contributed by atoms with Crippen LogP contribution < -0.4 is 10.1 Å². The summed E-state index contributed by atoms with van der Waals surface area (Å²) in [4.78, 5) is 44.8. The molecule has 4 heterocycles. The number of H-pyrrole nitrogens is 2. The molecule has 8 rings (SSSR count). The van der Waals surface area contributed by atoms with Crippen LogP contribution in [0.4, 0.5) is 4.79 Å². The Bertz CT molecular complexity index is 2180. The second-order valence-corrected chi connectivity index (χ2v) is 15.3. The van der Waals surface area contributed by atoms with Crippen molar-refractivity contribution in [1.82, 2.24) is 30.2 Å². The molecule has 3 N–H and O–H groups in total. The van der Waals surface area contributed by atoms with E-state index in [4.69, 9.17) is 35.8 Å². The van der Waals surface area contributed by atoms with Gasteiger partial charge in [0.15, 0.2) is 5.15 Å². The van der Waals surface area contributed by atoms with Crippen LogP contribution in [-0.2, 0) is 20.9 Å². The number of carbonyl (C=O) groups excluding carboxylic acids is 2. The molecule has 272 valence electrons. The molecule has 1 saturated heterocycles. The number of hydrogen-bond acceptors (Lipinski definition) is 7. The maximum absolute atomic E-state index is 13.9. The summed E-state index contributed by atoms with van der Waals surface area (Å²) in [5, 5.41) is 5.29. The molecule has 1 saturated carbocycles. The molecule has 0 unspecified atom stereocenters. The van der Waals surface area contributed by atoms with Gasteiger partial charge in [-0.15, -0.1) is 0 Å². The highest BCUT2D eigenvalue weighted by atomic mass is 35.5. The molecule has 1 aliphatic carbocycles. The number of nitrogens with zero attached hydrogens (tertiary/aromatic N) is 3. The number of halogens is 1.